The van der Waals surface area contributed by atoms with Crippen LogP contribution >= 0.6 is 0 Å². The van der Waals surface area contributed by atoms with Crippen LogP contribution in [-0.4, -0.2) is 6.04 Å². The monoisotopic (exact) mass is 141 g/mol. The van der Waals surface area contributed by atoms with Crippen molar-refractivity contribution in [3.05, 3.63) is 12.2 Å². The van der Waals surface area contributed by atoms with Gasteiger partial charge in [-0.2, -0.15) is 0 Å². The lowest BCUT2D eigenvalue weighted by atomic mass is 10.0. The number of rotatable bonds is 5. The fourth-order valence-electron chi connectivity index (χ4n) is 0.947. The highest BCUT2D eigenvalue weighted by atomic mass is 14.6. The number of hydrogen-bond donors (Lipinski definition) is 1. The van der Waals surface area contributed by atoms with Crippen molar-refractivity contribution >= 4 is 0 Å². The molecule has 0 rings (SSSR count). The summed E-state index contributed by atoms with van der Waals surface area (Å²) in [6, 6.07) is 0.390. The van der Waals surface area contributed by atoms with E-state index in [0.717, 1.165) is 19.3 Å². The smallest absolute Gasteiger partial charge is 0.00417 e. The first kappa shape index (κ1) is 9.70. The molecular weight excluding hydrogens is 122 g/mol. The van der Waals surface area contributed by atoms with E-state index in [9.17, 15) is 0 Å². The highest BCUT2D eigenvalue weighted by Crippen LogP contribution is 2.06. The molecule has 0 aliphatic rings. The third-order valence-electron chi connectivity index (χ3n) is 1.60. The van der Waals surface area contributed by atoms with Gasteiger partial charge in [0, 0.05) is 6.04 Å². The zero-order chi connectivity index (χ0) is 7.98. The van der Waals surface area contributed by atoms with E-state index in [1.54, 1.807) is 0 Å². The maximum atomic E-state index is 5.79. The molecule has 0 aromatic rings. The Balaban J connectivity index is 3.21. The summed E-state index contributed by atoms with van der Waals surface area (Å²) in [7, 11) is 0. The molecule has 10 heavy (non-hydrogen) atoms. The van der Waals surface area contributed by atoms with Gasteiger partial charge in [0.1, 0.15) is 0 Å². The van der Waals surface area contributed by atoms with Gasteiger partial charge >= 0.3 is 0 Å². The largest absolute Gasteiger partial charge is 0.328 e. The lowest BCUT2D eigenvalue weighted by Crippen LogP contribution is -2.18. The molecular formula is C9H19N. The Bertz CT molecular complexity index is 96.9. The van der Waals surface area contributed by atoms with E-state index in [4.69, 9.17) is 5.73 Å². The highest BCUT2D eigenvalue weighted by Gasteiger charge is 1.99. The molecule has 0 bridgehead atoms. The summed E-state index contributed by atoms with van der Waals surface area (Å²) in [6.07, 6.45) is 4.52. The molecule has 1 heteroatoms. The van der Waals surface area contributed by atoms with Crippen molar-refractivity contribution in [3.8, 4) is 0 Å². The average Bonchev–Trinajstić information content (AvgIpc) is 1.85. The SMILES string of the molecule is C=C(C)CCC(N)CCC. The molecule has 2 N–H and O–H groups in total. The molecule has 0 aliphatic heterocycles. The Labute approximate surface area is 64.3 Å². The van der Waals surface area contributed by atoms with E-state index in [-0.39, 0.29) is 0 Å². The fourth-order valence-corrected chi connectivity index (χ4v) is 0.947. The molecule has 0 aromatic carbocycles. The van der Waals surface area contributed by atoms with Crippen molar-refractivity contribution < 1.29 is 0 Å². The quantitative estimate of drug-likeness (QED) is 0.585. The van der Waals surface area contributed by atoms with Gasteiger partial charge in [0.25, 0.3) is 0 Å². The van der Waals surface area contributed by atoms with Crippen LogP contribution in [0.3, 0.4) is 0 Å². The van der Waals surface area contributed by atoms with E-state index in [1.807, 2.05) is 0 Å². The predicted octanol–water partition coefficient (Wildman–Crippen LogP) is 2.47. The maximum Gasteiger partial charge on any atom is 0.00417 e. The second-order valence-electron chi connectivity index (χ2n) is 3.04. The van der Waals surface area contributed by atoms with Crippen LogP contribution in [0.4, 0.5) is 0 Å². The molecule has 0 saturated heterocycles. The minimum Gasteiger partial charge on any atom is -0.328 e. The van der Waals surface area contributed by atoms with Gasteiger partial charge in [0.05, 0.1) is 0 Å². The van der Waals surface area contributed by atoms with Crippen molar-refractivity contribution in [1.82, 2.24) is 0 Å². The van der Waals surface area contributed by atoms with Gasteiger partial charge in [0.2, 0.25) is 0 Å². The van der Waals surface area contributed by atoms with Crippen molar-refractivity contribution in [2.75, 3.05) is 0 Å². The second kappa shape index (κ2) is 5.48. The van der Waals surface area contributed by atoms with Crippen LogP contribution in [0.2, 0.25) is 0 Å². The highest BCUT2D eigenvalue weighted by molar-refractivity contribution is 4.88. The van der Waals surface area contributed by atoms with Crippen LogP contribution in [-0.2, 0) is 0 Å². The van der Waals surface area contributed by atoms with E-state index < -0.39 is 0 Å². The first-order valence-electron chi connectivity index (χ1n) is 4.06. The Morgan fingerprint density at radius 2 is 2.10 bits per heavy atom. The van der Waals surface area contributed by atoms with Gasteiger partial charge < -0.3 is 5.73 Å². The normalized spacial score (nSPS) is 13.1. The van der Waals surface area contributed by atoms with Crippen molar-refractivity contribution in [2.45, 2.75) is 45.6 Å². The summed E-state index contributed by atoms with van der Waals surface area (Å²) in [5.41, 5.74) is 7.03. The number of allylic oxidation sites excluding steroid dienone is 1. The van der Waals surface area contributed by atoms with Crippen LogP contribution in [0.5, 0.6) is 0 Å². The van der Waals surface area contributed by atoms with Crippen LogP contribution in [0.1, 0.15) is 39.5 Å². The molecule has 0 saturated carbocycles. The van der Waals surface area contributed by atoms with Crippen LogP contribution in [0, 0.1) is 0 Å². The van der Waals surface area contributed by atoms with Gasteiger partial charge in [-0.1, -0.05) is 18.9 Å². The Hall–Kier alpha value is -0.300. The number of nitrogens with two attached hydrogens (primary N) is 1. The fraction of sp³-hybridized carbons (Fsp3) is 0.778. The molecule has 1 unspecified atom stereocenters. The minimum absolute atomic E-state index is 0.390. The Kier molecular flexibility index (Phi) is 5.32. The molecule has 0 amide bonds. The zero-order valence-electron chi connectivity index (χ0n) is 7.19. The standard InChI is InChI=1S/C9H19N/c1-4-5-9(10)7-6-8(2)3/h9H,2,4-7,10H2,1,3H3. The molecule has 0 fully saturated rings. The zero-order valence-corrected chi connectivity index (χ0v) is 7.19. The van der Waals surface area contributed by atoms with Gasteiger partial charge in [0.15, 0.2) is 0 Å². The summed E-state index contributed by atoms with van der Waals surface area (Å²) < 4.78 is 0. The minimum atomic E-state index is 0.390. The molecule has 0 heterocycles. The molecule has 1 nitrogen and oxygen atoms in total. The van der Waals surface area contributed by atoms with E-state index in [0.29, 0.717) is 6.04 Å². The van der Waals surface area contributed by atoms with Gasteiger partial charge in [-0.25, -0.2) is 0 Å². The molecule has 0 aromatic heterocycles. The lowest BCUT2D eigenvalue weighted by Gasteiger charge is -2.08. The summed E-state index contributed by atoms with van der Waals surface area (Å²) >= 11 is 0. The van der Waals surface area contributed by atoms with Crippen molar-refractivity contribution in [3.63, 3.8) is 0 Å². The third kappa shape index (κ3) is 5.83. The van der Waals surface area contributed by atoms with E-state index in [1.165, 1.54) is 12.0 Å². The first-order valence-corrected chi connectivity index (χ1v) is 4.06. The van der Waals surface area contributed by atoms with Gasteiger partial charge in [-0.15, -0.1) is 6.58 Å². The summed E-state index contributed by atoms with van der Waals surface area (Å²) in [6.45, 7) is 8.05. The van der Waals surface area contributed by atoms with E-state index in [2.05, 4.69) is 20.4 Å². The van der Waals surface area contributed by atoms with E-state index >= 15 is 0 Å². The second-order valence-corrected chi connectivity index (χ2v) is 3.04. The van der Waals surface area contributed by atoms with Crippen molar-refractivity contribution in [1.29, 1.82) is 0 Å². The lowest BCUT2D eigenvalue weighted by molar-refractivity contribution is 0.560. The predicted molar refractivity (Wildman–Crippen MR) is 46.9 cm³/mol. The van der Waals surface area contributed by atoms with Gasteiger partial charge in [-0.3, -0.25) is 0 Å². The Morgan fingerprint density at radius 1 is 1.50 bits per heavy atom. The third-order valence-corrected chi connectivity index (χ3v) is 1.60. The maximum absolute atomic E-state index is 5.79. The van der Waals surface area contributed by atoms with Gasteiger partial charge in [-0.05, 0) is 26.2 Å². The molecule has 0 radical (unpaired) electrons. The average molecular weight is 141 g/mol. The molecule has 1 atom stereocenters. The summed E-state index contributed by atoms with van der Waals surface area (Å²) in [5, 5.41) is 0. The molecule has 60 valence electrons. The summed E-state index contributed by atoms with van der Waals surface area (Å²) in [4.78, 5) is 0. The Morgan fingerprint density at radius 3 is 2.50 bits per heavy atom. The van der Waals surface area contributed by atoms with Crippen LogP contribution < -0.4 is 5.73 Å². The van der Waals surface area contributed by atoms with Crippen LogP contribution in [0.15, 0.2) is 12.2 Å². The topological polar surface area (TPSA) is 26.0 Å². The molecule has 0 aliphatic carbocycles. The first-order chi connectivity index (χ1) is 4.66. The van der Waals surface area contributed by atoms with Crippen LogP contribution in [0.25, 0.3) is 0 Å². The summed E-state index contributed by atoms with van der Waals surface area (Å²) in [5.74, 6) is 0. The van der Waals surface area contributed by atoms with Crippen molar-refractivity contribution in [2.24, 2.45) is 5.73 Å². The molecule has 0 spiro atoms. The number of hydrogen-bond acceptors (Lipinski definition) is 1.